The summed E-state index contributed by atoms with van der Waals surface area (Å²) in [6.07, 6.45) is 8.77. The van der Waals surface area contributed by atoms with Crippen molar-refractivity contribution in [2.45, 2.75) is 83.6 Å². The molecule has 5 atom stereocenters. The number of phenolic OH excluding ortho intramolecular Hbond substituents is 1. The molecule has 0 spiro atoms. The zero-order valence-electron chi connectivity index (χ0n) is 26.0. The van der Waals surface area contributed by atoms with Gasteiger partial charge in [0.25, 0.3) is 0 Å². The molecule has 1 unspecified atom stereocenters. The first kappa shape index (κ1) is 34.3. The number of phenols is 1. The van der Waals surface area contributed by atoms with E-state index in [0.29, 0.717) is 16.2 Å². The van der Waals surface area contributed by atoms with Crippen molar-refractivity contribution >= 4 is 52.0 Å². The molecule has 1 saturated heterocycles. The fourth-order valence-corrected chi connectivity index (χ4v) is 8.75. The molecule has 238 valence electrons. The Balaban J connectivity index is 1.60. The maximum absolute atomic E-state index is 13.0. The maximum Gasteiger partial charge on any atom is 0.356 e. The highest BCUT2D eigenvalue weighted by molar-refractivity contribution is 8.23. The number of aromatic hydroxyl groups is 1. The number of thiocarbonyl (C=S) groups is 1. The van der Waals surface area contributed by atoms with Gasteiger partial charge in [-0.3, -0.25) is 9.69 Å². The third-order valence-corrected chi connectivity index (χ3v) is 11.1. The number of thioether (sulfide) groups is 2. The minimum Gasteiger partial charge on any atom is -0.507 e. The molecule has 2 aliphatic heterocycles. The van der Waals surface area contributed by atoms with E-state index in [1.54, 1.807) is 6.92 Å². The van der Waals surface area contributed by atoms with Crippen molar-refractivity contribution in [3.8, 4) is 11.5 Å². The van der Waals surface area contributed by atoms with Crippen LogP contribution in [-0.2, 0) is 20.7 Å². The number of amides is 1. The summed E-state index contributed by atoms with van der Waals surface area (Å²) >= 11 is 8.32. The number of hydrogen-bond acceptors (Lipinski definition) is 9. The Hall–Kier alpha value is -2.53. The van der Waals surface area contributed by atoms with Crippen molar-refractivity contribution in [2.75, 3.05) is 12.4 Å². The highest BCUT2D eigenvalue weighted by Gasteiger charge is 2.57. The van der Waals surface area contributed by atoms with Gasteiger partial charge in [-0.2, -0.15) is 0 Å². The zero-order chi connectivity index (χ0) is 32.1. The predicted molar refractivity (Wildman–Crippen MR) is 183 cm³/mol. The van der Waals surface area contributed by atoms with Crippen LogP contribution in [0.25, 0.3) is 0 Å². The van der Waals surface area contributed by atoms with Gasteiger partial charge in [-0.05, 0) is 82.3 Å². The van der Waals surface area contributed by atoms with Crippen molar-refractivity contribution in [1.82, 2.24) is 4.90 Å². The number of nitrogens with zero attached hydrogens (tertiary/aromatic N) is 1. The molecular formula is C34H43NO6S3. The van der Waals surface area contributed by atoms with Crippen LogP contribution in [0, 0.1) is 11.8 Å². The lowest BCUT2D eigenvalue weighted by atomic mass is 9.73. The third kappa shape index (κ3) is 7.46. The number of aliphatic hydroxyl groups is 1. The van der Waals surface area contributed by atoms with E-state index in [0.717, 1.165) is 49.7 Å². The van der Waals surface area contributed by atoms with Crippen molar-refractivity contribution in [2.24, 2.45) is 11.8 Å². The monoisotopic (exact) mass is 657 g/mol. The van der Waals surface area contributed by atoms with Crippen LogP contribution in [0.2, 0.25) is 0 Å². The van der Waals surface area contributed by atoms with E-state index in [4.69, 9.17) is 21.7 Å². The number of rotatable bonds is 13. The molecule has 3 aliphatic rings. The van der Waals surface area contributed by atoms with Crippen LogP contribution in [0.5, 0.6) is 11.5 Å². The number of fused-ring (bicyclic) bond motifs is 1. The number of hydrogen-bond donors (Lipinski definition) is 2. The number of aliphatic hydroxyl groups excluding tert-OH is 1. The Morgan fingerprint density at radius 1 is 1.34 bits per heavy atom. The van der Waals surface area contributed by atoms with Gasteiger partial charge in [-0.15, -0.1) is 11.8 Å². The van der Waals surface area contributed by atoms with Crippen LogP contribution in [0.4, 0.5) is 0 Å². The van der Waals surface area contributed by atoms with Gasteiger partial charge in [0.05, 0.1) is 12.0 Å². The quantitative estimate of drug-likeness (QED) is 0.0740. The number of esters is 1. The molecule has 0 saturated carbocycles. The first-order chi connectivity index (χ1) is 21.0. The van der Waals surface area contributed by atoms with Crippen LogP contribution in [0.1, 0.15) is 76.8 Å². The Morgan fingerprint density at radius 3 is 2.75 bits per heavy atom. The first-order valence-electron chi connectivity index (χ1n) is 15.2. The normalized spacial score (nSPS) is 23.4. The van der Waals surface area contributed by atoms with Gasteiger partial charge >= 0.3 is 5.97 Å². The van der Waals surface area contributed by atoms with Gasteiger partial charge in [-0.1, -0.05) is 68.0 Å². The van der Waals surface area contributed by atoms with E-state index in [-0.39, 0.29) is 51.3 Å². The number of allylic oxidation sites excluding steroid dienone is 3. The number of carbonyl (C=O) groups is 2. The third-order valence-electron chi connectivity index (χ3n) is 8.37. The second-order valence-electron chi connectivity index (χ2n) is 11.8. The van der Waals surface area contributed by atoms with Gasteiger partial charge < -0.3 is 19.7 Å². The lowest BCUT2D eigenvalue weighted by Gasteiger charge is -2.43. The Morgan fingerprint density at radius 2 is 2.09 bits per heavy atom. The predicted octanol–water partition coefficient (Wildman–Crippen LogP) is 7.39. The molecule has 7 nitrogen and oxygen atoms in total. The standard InChI is InChI=1S/C34H43NO6S3/c1-7-9-10-11-22-16-25(37)29(24-15-20(5)12-13-23(24)19(3)4)26(17-22)41-34(42)43-18-27-30(33(39)40-14-8-2)35-31(38)28(21(6)36)32(35)44-27/h8,15-17,21,23-24,28,32,36-37H,2-3,7,9-14,18H2,1,4-6H3/t21-,23+,24-,28+,32?/m1/s1. The van der Waals surface area contributed by atoms with Gasteiger partial charge in [-0.25, -0.2) is 4.79 Å². The van der Waals surface area contributed by atoms with Crippen molar-refractivity contribution in [3.63, 3.8) is 0 Å². The number of aryl methyl sites for hydroxylation is 1. The van der Waals surface area contributed by atoms with E-state index in [9.17, 15) is 19.8 Å². The molecule has 1 aromatic carbocycles. The van der Waals surface area contributed by atoms with Crippen LogP contribution >= 0.6 is 35.7 Å². The van der Waals surface area contributed by atoms with Gasteiger partial charge in [0.2, 0.25) is 10.3 Å². The second-order valence-corrected chi connectivity index (χ2v) is 14.6. The minimum absolute atomic E-state index is 0.0165. The van der Waals surface area contributed by atoms with Crippen LogP contribution in [0.3, 0.4) is 0 Å². The summed E-state index contributed by atoms with van der Waals surface area (Å²) < 4.78 is 11.9. The number of β-lactam (4-membered cyclic amide) rings is 1. The molecule has 1 aromatic rings. The van der Waals surface area contributed by atoms with Crippen LogP contribution in [0.15, 0.2) is 59.2 Å². The van der Waals surface area contributed by atoms with E-state index >= 15 is 0 Å². The molecule has 0 radical (unpaired) electrons. The molecule has 44 heavy (non-hydrogen) atoms. The smallest absolute Gasteiger partial charge is 0.356 e. The van der Waals surface area contributed by atoms with Crippen molar-refractivity contribution in [1.29, 1.82) is 0 Å². The summed E-state index contributed by atoms with van der Waals surface area (Å²) in [6, 6.07) is 3.84. The Bertz CT molecular complexity index is 1380. The second kappa shape index (κ2) is 15.2. The molecule has 1 aliphatic carbocycles. The number of ether oxygens (including phenoxy) is 2. The lowest BCUT2D eigenvalue weighted by molar-refractivity contribution is -0.157. The van der Waals surface area contributed by atoms with Crippen molar-refractivity contribution < 1.29 is 29.3 Å². The maximum atomic E-state index is 13.0. The average molecular weight is 658 g/mol. The van der Waals surface area contributed by atoms with E-state index in [1.807, 2.05) is 19.1 Å². The molecular weight excluding hydrogens is 615 g/mol. The van der Waals surface area contributed by atoms with Gasteiger partial charge in [0.15, 0.2) is 0 Å². The molecule has 2 N–H and O–H groups in total. The largest absolute Gasteiger partial charge is 0.507 e. The highest BCUT2D eigenvalue weighted by Crippen LogP contribution is 2.52. The SMILES string of the molecule is C=CCOC(=O)C1=C(CSC(=S)Oc2cc(CCCCC)cc(O)c2[C@@H]2C=C(C)CC[C@H]2C(=C)C)SC2[C@@H]([C@@H](C)O)C(=O)N12. The first-order valence-corrected chi connectivity index (χ1v) is 17.5. The topological polar surface area (TPSA) is 96.3 Å². The van der Waals surface area contributed by atoms with Gasteiger partial charge in [0.1, 0.15) is 29.2 Å². The van der Waals surface area contributed by atoms with Crippen LogP contribution < -0.4 is 4.74 Å². The molecule has 2 heterocycles. The molecule has 0 aromatic heterocycles. The summed E-state index contributed by atoms with van der Waals surface area (Å²) in [5, 5.41) is 21.2. The lowest BCUT2D eigenvalue weighted by Crippen LogP contribution is -2.60. The highest BCUT2D eigenvalue weighted by atomic mass is 32.2. The summed E-state index contributed by atoms with van der Waals surface area (Å²) in [5.74, 6) is -0.445. The summed E-state index contributed by atoms with van der Waals surface area (Å²) in [6.45, 7) is 15.7. The summed E-state index contributed by atoms with van der Waals surface area (Å²) in [5.41, 5.74) is 4.19. The van der Waals surface area contributed by atoms with E-state index in [2.05, 4.69) is 33.1 Å². The molecule has 4 rings (SSSR count). The Labute approximate surface area is 274 Å². The number of benzene rings is 1. The molecule has 10 heteroatoms. The molecule has 0 bridgehead atoms. The molecule has 1 fully saturated rings. The summed E-state index contributed by atoms with van der Waals surface area (Å²) in [7, 11) is 0. The summed E-state index contributed by atoms with van der Waals surface area (Å²) in [4.78, 5) is 27.9. The molecule has 1 amide bonds. The Kier molecular flexibility index (Phi) is 11.8. The van der Waals surface area contributed by atoms with Crippen molar-refractivity contribution in [3.05, 3.63) is 70.3 Å². The van der Waals surface area contributed by atoms with E-state index in [1.165, 1.54) is 40.1 Å². The zero-order valence-corrected chi connectivity index (χ0v) is 28.4. The fourth-order valence-electron chi connectivity index (χ4n) is 6.11. The minimum atomic E-state index is -0.839. The average Bonchev–Trinajstić information content (AvgIpc) is 3.28. The number of unbranched alkanes of at least 4 members (excludes halogenated alkanes) is 2. The van der Waals surface area contributed by atoms with E-state index < -0.39 is 18.0 Å². The van der Waals surface area contributed by atoms with Gasteiger partial charge in [0, 0.05) is 22.1 Å². The van der Waals surface area contributed by atoms with Crippen LogP contribution in [-0.4, -0.2) is 55.2 Å². The fraction of sp³-hybridized carbons (Fsp3) is 0.500. The number of carbonyl (C=O) groups excluding carboxylic acids is 2.